The quantitative estimate of drug-likeness (QED) is 0.108. The third-order valence-electron chi connectivity index (χ3n) is 9.19. The van der Waals surface area contributed by atoms with Crippen LogP contribution in [0.4, 0.5) is 0 Å². The minimum absolute atomic E-state index is 0.186. The van der Waals surface area contributed by atoms with Gasteiger partial charge in [-0.15, -0.1) is 0 Å². The van der Waals surface area contributed by atoms with Gasteiger partial charge in [-0.25, -0.2) is 0 Å². The Morgan fingerprint density at radius 2 is 0.704 bits per heavy atom. The fraction of sp³-hybridized carbons (Fsp3) is 0.561. The molecule has 2 rings (SSSR count). The van der Waals surface area contributed by atoms with Crippen molar-refractivity contribution in [3.05, 3.63) is 71.8 Å². The molecule has 6 amide bonds. The molecule has 0 heterocycles. The highest BCUT2D eigenvalue weighted by molar-refractivity contribution is 5.93. The highest BCUT2D eigenvalue weighted by atomic mass is 16.3. The van der Waals surface area contributed by atoms with Crippen molar-refractivity contribution in [2.45, 2.75) is 124 Å². The van der Waals surface area contributed by atoms with Crippen LogP contribution in [-0.2, 0) is 41.6 Å². The van der Waals surface area contributed by atoms with Crippen molar-refractivity contribution in [3.63, 3.8) is 0 Å². The second kappa shape index (κ2) is 21.8. The lowest BCUT2D eigenvalue weighted by Gasteiger charge is -2.35. The van der Waals surface area contributed by atoms with Crippen LogP contribution in [0.2, 0.25) is 0 Å². The topological polar surface area (TPSA) is 195 Å². The van der Waals surface area contributed by atoms with Crippen LogP contribution in [0.15, 0.2) is 60.7 Å². The number of nitrogens with one attached hydrogen (secondary N) is 6. The third-order valence-corrected chi connectivity index (χ3v) is 9.19. The van der Waals surface area contributed by atoms with Crippen LogP contribution in [0.1, 0.15) is 80.4 Å². The lowest BCUT2D eigenvalue weighted by Crippen LogP contribution is -2.62. The Bertz CT molecular complexity index is 1420. The number of carbonyl (C=O) groups excluding carboxylic acids is 6. The van der Waals surface area contributed by atoms with Gasteiger partial charge in [-0.05, 0) is 47.6 Å². The molecule has 6 atom stereocenters. The van der Waals surface area contributed by atoms with Crippen molar-refractivity contribution in [2.24, 2.45) is 23.7 Å². The molecule has 0 bridgehead atoms. The number of benzene rings is 2. The van der Waals surface area contributed by atoms with E-state index in [4.69, 9.17) is 0 Å². The molecule has 2 aromatic rings. The summed E-state index contributed by atoms with van der Waals surface area (Å²) < 4.78 is 0. The number of amides is 6. The van der Waals surface area contributed by atoms with Crippen molar-refractivity contribution < 1.29 is 33.9 Å². The Labute approximate surface area is 320 Å². The van der Waals surface area contributed by atoms with Gasteiger partial charge in [0, 0.05) is 13.8 Å². The maximum atomic E-state index is 14.1. The van der Waals surface area contributed by atoms with Gasteiger partial charge in [-0.3, -0.25) is 28.8 Å². The second-order valence-electron chi connectivity index (χ2n) is 15.4. The molecule has 0 saturated carbocycles. The van der Waals surface area contributed by atoms with Crippen LogP contribution in [0.25, 0.3) is 0 Å². The van der Waals surface area contributed by atoms with E-state index in [1.807, 2.05) is 60.7 Å². The molecule has 0 saturated heterocycles. The van der Waals surface area contributed by atoms with Crippen molar-refractivity contribution in [3.8, 4) is 0 Å². The highest BCUT2D eigenvalue weighted by Gasteiger charge is 2.37. The first-order chi connectivity index (χ1) is 25.3. The first-order valence-corrected chi connectivity index (χ1v) is 18.8. The zero-order valence-electron chi connectivity index (χ0n) is 33.4. The van der Waals surface area contributed by atoms with E-state index in [2.05, 4.69) is 31.9 Å². The monoisotopic (exact) mass is 750 g/mol. The van der Waals surface area contributed by atoms with Crippen LogP contribution < -0.4 is 31.9 Å². The van der Waals surface area contributed by atoms with Gasteiger partial charge < -0.3 is 37.0 Å². The molecule has 298 valence electrons. The van der Waals surface area contributed by atoms with Gasteiger partial charge in [0.1, 0.15) is 24.2 Å². The van der Waals surface area contributed by atoms with Crippen molar-refractivity contribution in [1.82, 2.24) is 31.9 Å². The van der Waals surface area contributed by atoms with E-state index in [1.165, 1.54) is 13.8 Å². The van der Waals surface area contributed by atoms with E-state index in [0.717, 1.165) is 11.1 Å². The summed E-state index contributed by atoms with van der Waals surface area (Å²) in [5.74, 6) is -4.09. The molecule has 0 radical (unpaired) electrons. The molecule has 2 aromatic carbocycles. The molecule has 13 nitrogen and oxygen atoms in total. The minimum Gasteiger partial charge on any atom is -0.389 e. The Morgan fingerprint density at radius 1 is 0.444 bits per heavy atom. The van der Waals surface area contributed by atoms with Crippen LogP contribution in [-0.4, -0.2) is 82.9 Å². The molecule has 0 aliphatic carbocycles. The average molecular weight is 751 g/mol. The van der Waals surface area contributed by atoms with Gasteiger partial charge in [0.05, 0.1) is 18.2 Å². The van der Waals surface area contributed by atoms with E-state index >= 15 is 0 Å². The average Bonchev–Trinajstić information content (AvgIpc) is 3.09. The summed E-state index contributed by atoms with van der Waals surface area (Å²) in [4.78, 5) is 78.5. The first-order valence-electron chi connectivity index (χ1n) is 18.8. The maximum absolute atomic E-state index is 14.1. The smallest absolute Gasteiger partial charge is 0.243 e. The van der Waals surface area contributed by atoms with E-state index in [-0.39, 0.29) is 48.3 Å². The van der Waals surface area contributed by atoms with Gasteiger partial charge in [0.2, 0.25) is 35.4 Å². The summed E-state index contributed by atoms with van der Waals surface area (Å²) in [5.41, 5.74) is 1.62. The Hall–Kier alpha value is -4.78. The molecule has 0 unspecified atom stereocenters. The molecule has 13 heteroatoms. The summed E-state index contributed by atoms with van der Waals surface area (Å²) in [6.45, 7) is 16.9. The van der Waals surface area contributed by atoms with Crippen molar-refractivity contribution >= 4 is 35.4 Å². The van der Waals surface area contributed by atoms with Crippen LogP contribution >= 0.6 is 0 Å². The Balaban J connectivity index is 2.51. The molecule has 0 fully saturated rings. The van der Waals surface area contributed by atoms with Crippen LogP contribution in [0.5, 0.6) is 0 Å². The largest absolute Gasteiger partial charge is 0.389 e. The van der Waals surface area contributed by atoms with Gasteiger partial charge in [-0.2, -0.15) is 0 Å². The number of carbonyl (C=O) groups is 6. The Kier molecular flexibility index (Phi) is 18.3. The van der Waals surface area contributed by atoms with E-state index < -0.39 is 66.0 Å². The first kappa shape index (κ1) is 45.4. The number of hydrogen-bond donors (Lipinski definition) is 7. The van der Waals surface area contributed by atoms with Gasteiger partial charge in [-0.1, -0.05) is 116 Å². The van der Waals surface area contributed by atoms with E-state index in [1.54, 1.807) is 55.4 Å². The summed E-state index contributed by atoms with van der Waals surface area (Å²) in [6.07, 6.45) is -0.979. The normalized spacial score (nSPS) is 14.8. The SMILES string of the molecule is CC(=O)N[C@H](C(=O)N[C@H](C(=O)N[C@@H](Cc1ccccc1)C(O)[C@H](Cc1ccccc1)NC(=O)[C@@H](NC(=O)[C@@H](NC(C)=O)C(C)C)C(C)C)C(C)C)C(C)C. The second-order valence-corrected chi connectivity index (χ2v) is 15.4. The molecule has 0 aliphatic heterocycles. The van der Waals surface area contributed by atoms with Gasteiger partial charge >= 0.3 is 0 Å². The third kappa shape index (κ3) is 14.6. The summed E-state index contributed by atoms with van der Waals surface area (Å²) >= 11 is 0. The Morgan fingerprint density at radius 3 is 0.963 bits per heavy atom. The summed E-state index contributed by atoms with van der Waals surface area (Å²) in [5, 5.41) is 29.1. The van der Waals surface area contributed by atoms with Crippen molar-refractivity contribution in [2.75, 3.05) is 0 Å². The number of rotatable bonds is 20. The fourth-order valence-electron chi connectivity index (χ4n) is 6.14. The van der Waals surface area contributed by atoms with Crippen LogP contribution in [0, 0.1) is 23.7 Å². The lowest BCUT2D eigenvalue weighted by molar-refractivity contribution is -0.134. The van der Waals surface area contributed by atoms with E-state index in [9.17, 15) is 33.9 Å². The van der Waals surface area contributed by atoms with Gasteiger partial charge in [0.15, 0.2) is 0 Å². The molecule has 0 aromatic heterocycles. The number of aliphatic hydroxyl groups excluding tert-OH is 1. The molecular formula is C41H62N6O7. The zero-order chi connectivity index (χ0) is 40.7. The molecule has 7 N–H and O–H groups in total. The number of hydrogen-bond acceptors (Lipinski definition) is 7. The highest BCUT2D eigenvalue weighted by Crippen LogP contribution is 2.16. The predicted octanol–water partition coefficient (Wildman–Crippen LogP) is 2.41. The zero-order valence-corrected chi connectivity index (χ0v) is 33.4. The molecule has 0 aliphatic rings. The summed E-state index contributed by atoms with van der Waals surface area (Å²) in [7, 11) is 0. The van der Waals surface area contributed by atoms with Gasteiger partial charge in [0.25, 0.3) is 0 Å². The molecular weight excluding hydrogens is 688 g/mol. The molecule has 0 spiro atoms. The maximum Gasteiger partial charge on any atom is 0.243 e. The predicted molar refractivity (Wildman–Crippen MR) is 209 cm³/mol. The lowest BCUT2D eigenvalue weighted by atomic mass is 9.91. The van der Waals surface area contributed by atoms with E-state index in [0.29, 0.717) is 0 Å². The molecule has 54 heavy (non-hydrogen) atoms. The minimum atomic E-state index is -1.35. The number of aliphatic hydroxyl groups is 1. The van der Waals surface area contributed by atoms with Crippen molar-refractivity contribution in [1.29, 1.82) is 0 Å². The van der Waals surface area contributed by atoms with Crippen LogP contribution in [0.3, 0.4) is 0 Å². The summed E-state index contributed by atoms with van der Waals surface area (Å²) in [6, 6.07) is 12.9. The standard InChI is InChI=1S/C41H62N6O7/c1-23(2)33(42-27(9)48)40(53)46-35(25(5)6)38(51)44-31(21-29-17-13-11-14-18-29)37(50)32(22-30-19-15-12-16-20-30)45-39(52)36(26(7)8)47-41(54)34(24(3)4)43-28(10)49/h11-20,23-26,31-37,50H,21-22H2,1-10H3,(H,42,48)(H,43,49)(H,44,51)(H,45,52)(H,46,53)(H,47,54)/t31-,32-,33-,34-,35-,36-/m0/s1. The fourth-order valence-corrected chi connectivity index (χ4v) is 6.14.